The normalized spacial score (nSPS) is 13.7. The molecule has 0 aliphatic carbocycles. The van der Waals surface area contributed by atoms with Crippen LogP contribution < -0.4 is 0 Å². The summed E-state index contributed by atoms with van der Waals surface area (Å²) in [5, 5.41) is 1.24. The number of rotatable bonds is 2. The van der Waals surface area contributed by atoms with Crippen LogP contribution in [-0.4, -0.2) is 15.7 Å². The number of hydrogen-bond donors (Lipinski definition) is 1. The van der Waals surface area contributed by atoms with Crippen molar-refractivity contribution in [1.82, 2.24) is 9.55 Å². The van der Waals surface area contributed by atoms with E-state index < -0.39 is 12.1 Å². The van der Waals surface area contributed by atoms with Crippen LogP contribution in [0.25, 0.3) is 21.8 Å². The van der Waals surface area contributed by atoms with Crippen LogP contribution in [0, 0.1) is 0 Å². The zero-order valence-electron chi connectivity index (χ0n) is 12.9. The summed E-state index contributed by atoms with van der Waals surface area (Å²) in [7, 11) is 1.77. The van der Waals surface area contributed by atoms with E-state index in [-0.39, 0.29) is 11.1 Å². The molecule has 4 aromatic rings. The molecule has 0 fully saturated rings. The summed E-state index contributed by atoms with van der Waals surface area (Å²) in [5.41, 5.74) is 2.04. The topological polar surface area (TPSA) is 20.7 Å². The molecule has 0 aliphatic heterocycles. The first-order valence-corrected chi connectivity index (χ1v) is 7.63. The second kappa shape index (κ2) is 5.16. The molecule has 24 heavy (non-hydrogen) atoms. The van der Waals surface area contributed by atoms with E-state index in [2.05, 4.69) is 4.98 Å². The van der Waals surface area contributed by atoms with Crippen molar-refractivity contribution in [2.75, 3.05) is 0 Å². The third-order valence-corrected chi connectivity index (χ3v) is 4.50. The van der Waals surface area contributed by atoms with E-state index in [9.17, 15) is 13.2 Å². The van der Waals surface area contributed by atoms with Gasteiger partial charge < -0.3 is 9.55 Å². The Morgan fingerprint density at radius 1 is 0.917 bits per heavy atom. The van der Waals surface area contributed by atoms with Crippen LogP contribution in [-0.2, 0) is 7.05 Å². The first-order valence-electron chi connectivity index (χ1n) is 7.63. The number of hydrogen-bond acceptors (Lipinski definition) is 0. The SMILES string of the molecule is Cn1cc(C(c2c[nH]c3ccccc23)C(F)(F)F)c2ccccc21. The summed E-state index contributed by atoms with van der Waals surface area (Å²) in [6.45, 7) is 0. The average Bonchev–Trinajstić information content (AvgIpc) is 3.10. The summed E-state index contributed by atoms with van der Waals surface area (Å²) in [6, 6.07) is 14.3. The largest absolute Gasteiger partial charge is 0.399 e. The van der Waals surface area contributed by atoms with Crippen molar-refractivity contribution in [2.45, 2.75) is 12.1 Å². The highest BCUT2D eigenvalue weighted by molar-refractivity contribution is 5.88. The number of aromatic nitrogens is 2. The monoisotopic (exact) mass is 328 g/mol. The highest BCUT2D eigenvalue weighted by atomic mass is 19.4. The second-order valence-electron chi connectivity index (χ2n) is 5.98. The van der Waals surface area contributed by atoms with Crippen LogP contribution in [0.1, 0.15) is 17.0 Å². The van der Waals surface area contributed by atoms with Gasteiger partial charge in [-0.15, -0.1) is 0 Å². The van der Waals surface area contributed by atoms with Crippen molar-refractivity contribution >= 4 is 21.8 Å². The lowest BCUT2D eigenvalue weighted by Gasteiger charge is -2.20. The molecule has 0 saturated carbocycles. The number of H-pyrrole nitrogens is 1. The van der Waals surface area contributed by atoms with Gasteiger partial charge in [0.2, 0.25) is 0 Å². The maximum Gasteiger partial charge on any atom is 0.399 e. The zero-order valence-corrected chi connectivity index (χ0v) is 12.9. The van der Waals surface area contributed by atoms with E-state index in [1.807, 2.05) is 18.2 Å². The molecule has 0 aliphatic rings. The molecule has 122 valence electrons. The van der Waals surface area contributed by atoms with Gasteiger partial charge in [0.25, 0.3) is 0 Å². The minimum Gasteiger partial charge on any atom is -0.361 e. The van der Waals surface area contributed by atoms with E-state index in [0.29, 0.717) is 16.3 Å². The number of benzene rings is 2. The minimum absolute atomic E-state index is 0.259. The Kier molecular flexibility index (Phi) is 3.20. The molecule has 5 heteroatoms. The first-order chi connectivity index (χ1) is 11.5. The van der Waals surface area contributed by atoms with Gasteiger partial charge in [-0.1, -0.05) is 36.4 Å². The number of halogens is 3. The Morgan fingerprint density at radius 3 is 2.33 bits per heavy atom. The number of para-hydroxylation sites is 2. The second-order valence-corrected chi connectivity index (χ2v) is 5.98. The van der Waals surface area contributed by atoms with Crippen molar-refractivity contribution in [3.63, 3.8) is 0 Å². The molecular formula is C19H15F3N2. The van der Waals surface area contributed by atoms with Crippen LogP contribution in [0.4, 0.5) is 13.2 Å². The fourth-order valence-corrected chi connectivity index (χ4v) is 3.46. The van der Waals surface area contributed by atoms with Gasteiger partial charge in [0.05, 0.1) is 0 Å². The number of alkyl halides is 3. The van der Waals surface area contributed by atoms with Crippen molar-refractivity contribution in [2.24, 2.45) is 7.05 Å². The molecule has 2 aromatic carbocycles. The van der Waals surface area contributed by atoms with Gasteiger partial charge in [-0.2, -0.15) is 13.2 Å². The van der Waals surface area contributed by atoms with E-state index >= 15 is 0 Å². The van der Waals surface area contributed by atoms with Crippen molar-refractivity contribution in [3.05, 3.63) is 72.1 Å². The Hall–Kier alpha value is -2.69. The lowest BCUT2D eigenvalue weighted by molar-refractivity contribution is -0.140. The lowest BCUT2D eigenvalue weighted by Crippen LogP contribution is -2.21. The zero-order chi connectivity index (χ0) is 16.9. The van der Waals surface area contributed by atoms with Crippen LogP contribution in [0.2, 0.25) is 0 Å². The molecule has 1 N–H and O–H groups in total. The third kappa shape index (κ3) is 2.19. The molecule has 2 nitrogen and oxygen atoms in total. The molecule has 0 saturated heterocycles. The lowest BCUT2D eigenvalue weighted by atomic mass is 9.90. The Labute approximate surface area is 136 Å². The van der Waals surface area contributed by atoms with Gasteiger partial charge in [-0.25, -0.2) is 0 Å². The van der Waals surface area contributed by atoms with Gasteiger partial charge in [0.15, 0.2) is 0 Å². The average molecular weight is 328 g/mol. The number of fused-ring (bicyclic) bond motifs is 2. The fourth-order valence-electron chi connectivity index (χ4n) is 3.46. The molecular weight excluding hydrogens is 313 g/mol. The molecule has 0 bridgehead atoms. The molecule has 0 amide bonds. The number of aryl methyl sites for hydroxylation is 1. The van der Waals surface area contributed by atoms with Crippen LogP contribution >= 0.6 is 0 Å². The van der Waals surface area contributed by atoms with Gasteiger partial charge in [0, 0.05) is 41.2 Å². The van der Waals surface area contributed by atoms with Crippen LogP contribution in [0.3, 0.4) is 0 Å². The fraction of sp³-hybridized carbons (Fsp3) is 0.158. The van der Waals surface area contributed by atoms with Crippen LogP contribution in [0.15, 0.2) is 60.9 Å². The minimum atomic E-state index is -4.38. The van der Waals surface area contributed by atoms with E-state index in [1.165, 1.54) is 6.20 Å². The predicted octanol–water partition coefficient (Wildman–Crippen LogP) is 5.35. The molecule has 1 atom stereocenters. The first kappa shape index (κ1) is 14.9. The molecule has 4 rings (SSSR count). The standard InChI is InChI=1S/C19H15F3N2/c1-24-11-15(13-7-3-5-9-17(13)24)18(19(20,21)22)14-10-23-16-8-4-2-6-12(14)16/h2-11,18,23H,1H3. The molecule has 2 aromatic heterocycles. The molecule has 1 unspecified atom stereocenters. The number of nitrogens with zero attached hydrogens (tertiary/aromatic N) is 1. The van der Waals surface area contributed by atoms with E-state index in [4.69, 9.17) is 0 Å². The van der Waals surface area contributed by atoms with Gasteiger partial charge >= 0.3 is 6.18 Å². The van der Waals surface area contributed by atoms with Crippen molar-refractivity contribution in [3.8, 4) is 0 Å². The quantitative estimate of drug-likeness (QED) is 0.512. The van der Waals surface area contributed by atoms with E-state index in [1.54, 1.807) is 48.1 Å². The Balaban J connectivity index is 2.02. The predicted molar refractivity (Wildman–Crippen MR) is 89.1 cm³/mol. The number of nitrogens with one attached hydrogen (secondary N) is 1. The molecule has 2 heterocycles. The van der Waals surface area contributed by atoms with Gasteiger partial charge in [-0.05, 0) is 23.3 Å². The van der Waals surface area contributed by atoms with Gasteiger partial charge in [0.1, 0.15) is 5.92 Å². The Bertz CT molecular complexity index is 1020. The van der Waals surface area contributed by atoms with Crippen molar-refractivity contribution in [1.29, 1.82) is 0 Å². The summed E-state index contributed by atoms with van der Waals surface area (Å²) in [4.78, 5) is 2.96. The highest BCUT2D eigenvalue weighted by Crippen LogP contribution is 2.45. The third-order valence-electron chi connectivity index (χ3n) is 4.50. The summed E-state index contributed by atoms with van der Waals surface area (Å²) >= 11 is 0. The maximum atomic E-state index is 14.0. The summed E-state index contributed by atoms with van der Waals surface area (Å²) < 4.78 is 43.8. The summed E-state index contributed by atoms with van der Waals surface area (Å²) in [6.07, 6.45) is -1.32. The van der Waals surface area contributed by atoms with Crippen molar-refractivity contribution < 1.29 is 13.2 Å². The van der Waals surface area contributed by atoms with E-state index in [0.717, 1.165) is 5.52 Å². The maximum absolute atomic E-state index is 14.0. The molecule has 0 radical (unpaired) electrons. The van der Waals surface area contributed by atoms with Gasteiger partial charge in [-0.3, -0.25) is 0 Å². The smallest absolute Gasteiger partial charge is 0.361 e. The van der Waals surface area contributed by atoms with Crippen LogP contribution in [0.5, 0.6) is 0 Å². The Morgan fingerprint density at radius 2 is 1.58 bits per heavy atom. The highest BCUT2D eigenvalue weighted by Gasteiger charge is 2.44. The number of aromatic amines is 1. The summed E-state index contributed by atoms with van der Waals surface area (Å²) in [5.74, 6) is -1.67. The molecule has 0 spiro atoms.